The van der Waals surface area contributed by atoms with Gasteiger partial charge in [0.2, 0.25) is 0 Å². The molecule has 0 aliphatic carbocycles. The molecule has 0 amide bonds. The highest BCUT2D eigenvalue weighted by Crippen LogP contribution is 2.14. The number of fused-ring (bicyclic) bond motifs is 1. The summed E-state index contributed by atoms with van der Waals surface area (Å²) in [6, 6.07) is 8.13. The molecule has 0 radical (unpaired) electrons. The number of rotatable bonds is 2. The Morgan fingerprint density at radius 3 is 3.15 bits per heavy atom. The largest absolute Gasteiger partial charge is 0.384 e. The van der Waals surface area contributed by atoms with Crippen molar-refractivity contribution in [2.24, 2.45) is 0 Å². The van der Waals surface area contributed by atoms with Gasteiger partial charge in [0.05, 0.1) is 6.54 Å². The summed E-state index contributed by atoms with van der Waals surface area (Å²) in [5, 5.41) is 16.8. The Morgan fingerprint density at radius 1 is 1.30 bits per heavy atom. The number of aliphatic hydroxyl groups excluding tert-OH is 1. The van der Waals surface area contributed by atoms with E-state index >= 15 is 0 Å². The predicted molar refractivity (Wildman–Crippen MR) is 74.5 cm³/mol. The lowest BCUT2D eigenvalue weighted by atomic mass is 10.1. The number of hydrogen-bond acceptors (Lipinski definition) is 4. The average molecular weight is 268 g/mol. The highest BCUT2D eigenvalue weighted by molar-refractivity contribution is 5.37. The molecule has 1 aliphatic heterocycles. The Morgan fingerprint density at radius 2 is 2.25 bits per heavy atom. The SMILES string of the molecule is OCC#Cc1cccc(CN2CCn3cnnc3C2)c1. The summed E-state index contributed by atoms with van der Waals surface area (Å²) in [5.41, 5.74) is 2.17. The Labute approximate surface area is 117 Å². The minimum absolute atomic E-state index is 0.105. The fourth-order valence-corrected chi connectivity index (χ4v) is 2.40. The molecule has 1 aliphatic rings. The molecule has 2 heterocycles. The highest BCUT2D eigenvalue weighted by atomic mass is 16.2. The Bertz CT molecular complexity index is 653. The molecule has 20 heavy (non-hydrogen) atoms. The van der Waals surface area contributed by atoms with Crippen molar-refractivity contribution in [3.05, 3.63) is 47.5 Å². The smallest absolute Gasteiger partial charge is 0.147 e. The van der Waals surface area contributed by atoms with Gasteiger partial charge < -0.3 is 9.67 Å². The van der Waals surface area contributed by atoms with Gasteiger partial charge in [0.25, 0.3) is 0 Å². The van der Waals surface area contributed by atoms with Crippen LogP contribution in [0.3, 0.4) is 0 Å². The van der Waals surface area contributed by atoms with E-state index in [-0.39, 0.29) is 6.61 Å². The summed E-state index contributed by atoms with van der Waals surface area (Å²) in [6.45, 7) is 3.53. The molecule has 1 aromatic heterocycles. The van der Waals surface area contributed by atoms with Gasteiger partial charge in [-0.15, -0.1) is 10.2 Å². The standard InChI is InChI=1S/C15H16N4O/c20-8-2-5-13-3-1-4-14(9-13)10-18-6-7-19-12-16-17-15(19)11-18/h1,3-4,9,12,20H,6-8,10-11H2. The summed E-state index contributed by atoms with van der Waals surface area (Å²) in [6.07, 6.45) is 1.79. The van der Waals surface area contributed by atoms with Gasteiger partial charge in [-0.3, -0.25) is 4.90 Å². The van der Waals surface area contributed by atoms with Gasteiger partial charge in [-0.2, -0.15) is 0 Å². The second-order valence-corrected chi connectivity index (χ2v) is 4.81. The first-order chi connectivity index (χ1) is 9.85. The Kier molecular flexibility index (Phi) is 3.77. The van der Waals surface area contributed by atoms with Gasteiger partial charge in [0.15, 0.2) is 0 Å². The predicted octanol–water partition coefficient (Wildman–Crippen LogP) is 0.638. The maximum Gasteiger partial charge on any atom is 0.147 e. The number of benzene rings is 1. The van der Waals surface area contributed by atoms with Crippen molar-refractivity contribution in [2.75, 3.05) is 13.2 Å². The fraction of sp³-hybridized carbons (Fsp3) is 0.333. The molecule has 1 N–H and O–H groups in total. The van der Waals surface area contributed by atoms with Crippen LogP contribution in [0.4, 0.5) is 0 Å². The molecule has 102 valence electrons. The van der Waals surface area contributed by atoms with E-state index in [0.29, 0.717) is 0 Å². The molecule has 0 saturated heterocycles. The summed E-state index contributed by atoms with van der Waals surface area (Å²) in [5.74, 6) is 6.63. The topological polar surface area (TPSA) is 54.2 Å². The van der Waals surface area contributed by atoms with Crippen LogP contribution in [0.2, 0.25) is 0 Å². The van der Waals surface area contributed by atoms with Crippen LogP contribution in [0.5, 0.6) is 0 Å². The monoisotopic (exact) mass is 268 g/mol. The van der Waals surface area contributed by atoms with Gasteiger partial charge >= 0.3 is 0 Å². The van der Waals surface area contributed by atoms with Crippen molar-refractivity contribution in [3.8, 4) is 11.8 Å². The zero-order chi connectivity index (χ0) is 13.8. The lowest BCUT2D eigenvalue weighted by Crippen LogP contribution is -2.33. The van der Waals surface area contributed by atoms with Gasteiger partial charge in [0, 0.05) is 25.2 Å². The average Bonchev–Trinajstić information content (AvgIpc) is 2.93. The molecule has 0 fully saturated rings. The molecule has 1 aromatic carbocycles. The van der Waals surface area contributed by atoms with Crippen LogP contribution < -0.4 is 0 Å². The molecule has 0 saturated carbocycles. The minimum atomic E-state index is -0.105. The van der Waals surface area contributed by atoms with Crippen LogP contribution in [0.15, 0.2) is 30.6 Å². The minimum Gasteiger partial charge on any atom is -0.384 e. The zero-order valence-corrected chi connectivity index (χ0v) is 11.2. The van der Waals surface area contributed by atoms with Crippen molar-refractivity contribution in [3.63, 3.8) is 0 Å². The molecule has 0 bridgehead atoms. The van der Waals surface area contributed by atoms with Crippen molar-refractivity contribution in [2.45, 2.75) is 19.6 Å². The van der Waals surface area contributed by atoms with Gasteiger partial charge in [0.1, 0.15) is 18.8 Å². The number of hydrogen-bond donors (Lipinski definition) is 1. The maximum atomic E-state index is 8.73. The van der Waals surface area contributed by atoms with Crippen LogP contribution in [-0.4, -0.2) is 37.9 Å². The van der Waals surface area contributed by atoms with E-state index in [1.807, 2.05) is 12.1 Å². The summed E-state index contributed by atoms with van der Waals surface area (Å²) in [4.78, 5) is 2.35. The second kappa shape index (κ2) is 5.87. The van der Waals surface area contributed by atoms with Crippen molar-refractivity contribution >= 4 is 0 Å². The lowest BCUT2D eigenvalue weighted by Gasteiger charge is -2.26. The summed E-state index contributed by atoms with van der Waals surface area (Å²) in [7, 11) is 0. The molecule has 0 spiro atoms. The molecule has 2 aromatic rings. The van der Waals surface area contributed by atoms with Crippen molar-refractivity contribution in [1.82, 2.24) is 19.7 Å². The first-order valence-electron chi connectivity index (χ1n) is 6.63. The van der Waals surface area contributed by atoms with E-state index in [0.717, 1.165) is 37.6 Å². The van der Waals surface area contributed by atoms with Crippen LogP contribution in [0, 0.1) is 11.8 Å². The third-order valence-corrected chi connectivity index (χ3v) is 3.36. The fourth-order valence-electron chi connectivity index (χ4n) is 2.40. The highest BCUT2D eigenvalue weighted by Gasteiger charge is 2.17. The van der Waals surface area contributed by atoms with E-state index in [9.17, 15) is 0 Å². The second-order valence-electron chi connectivity index (χ2n) is 4.81. The molecular formula is C15H16N4O. The molecule has 3 rings (SSSR count). The summed E-state index contributed by atoms with van der Waals surface area (Å²) < 4.78 is 2.10. The van der Waals surface area contributed by atoms with Crippen LogP contribution in [0.1, 0.15) is 17.0 Å². The van der Waals surface area contributed by atoms with E-state index in [1.54, 1.807) is 6.33 Å². The third kappa shape index (κ3) is 2.87. The van der Waals surface area contributed by atoms with E-state index in [2.05, 4.69) is 43.6 Å². The lowest BCUT2D eigenvalue weighted by molar-refractivity contribution is 0.209. The molecule has 0 unspecified atom stereocenters. The molecule has 5 nitrogen and oxygen atoms in total. The number of nitrogens with zero attached hydrogens (tertiary/aromatic N) is 4. The zero-order valence-electron chi connectivity index (χ0n) is 11.2. The third-order valence-electron chi connectivity index (χ3n) is 3.36. The molecule has 0 atom stereocenters. The Hall–Kier alpha value is -2.16. The Balaban J connectivity index is 1.69. The van der Waals surface area contributed by atoms with Crippen molar-refractivity contribution < 1.29 is 5.11 Å². The van der Waals surface area contributed by atoms with E-state index < -0.39 is 0 Å². The quantitative estimate of drug-likeness (QED) is 0.812. The van der Waals surface area contributed by atoms with Gasteiger partial charge in [-0.25, -0.2) is 0 Å². The van der Waals surface area contributed by atoms with Crippen molar-refractivity contribution in [1.29, 1.82) is 0 Å². The summed E-state index contributed by atoms with van der Waals surface area (Å²) >= 11 is 0. The number of aliphatic hydroxyl groups is 1. The maximum absolute atomic E-state index is 8.73. The molecule has 5 heteroatoms. The van der Waals surface area contributed by atoms with Gasteiger partial charge in [-0.1, -0.05) is 24.0 Å². The van der Waals surface area contributed by atoms with Crippen LogP contribution >= 0.6 is 0 Å². The van der Waals surface area contributed by atoms with Crippen LogP contribution in [0.25, 0.3) is 0 Å². The molecular weight excluding hydrogens is 252 g/mol. The van der Waals surface area contributed by atoms with E-state index in [4.69, 9.17) is 5.11 Å². The normalized spacial score (nSPS) is 14.4. The first kappa shape index (κ1) is 12.9. The van der Waals surface area contributed by atoms with E-state index in [1.165, 1.54) is 5.56 Å². The number of aromatic nitrogens is 3. The van der Waals surface area contributed by atoms with Gasteiger partial charge in [-0.05, 0) is 17.7 Å². The van der Waals surface area contributed by atoms with Crippen LogP contribution in [-0.2, 0) is 19.6 Å². The first-order valence-corrected chi connectivity index (χ1v) is 6.63.